The lowest BCUT2D eigenvalue weighted by Crippen LogP contribution is -2.51. The maximum absolute atomic E-state index is 14.0. The maximum Gasteiger partial charge on any atom is 0.409 e. The van der Waals surface area contributed by atoms with Gasteiger partial charge in [-0.3, -0.25) is 4.79 Å². The van der Waals surface area contributed by atoms with Gasteiger partial charge in [-0.2, -0.15) is 0 Å². The lowest BCUT2D eigenvalue weighted by atomic mass is 10.1. The molecule has 150 valence electrons. The van der Waals surface area contributed by atoms with Crippen LogP contribution in [0.25, 0.3) is 10.1 Å². The summed E-state index contributed by atoms with van der Waals surface area (Å²) >= 11 is 1.14. The molecular formula is C19H21FN2O5S. The third-order valence-electron chi connectivity index (χ3n) is 4.57. The minimum absolute atomic E-state index is 0.292. The van der Waals surface area contributed by atoms with Crippen molar-refractivity contribution in [2.45, 2.75) is 13.8 Å². The topological polar surface area (TPSA) is 76.2 Å². The van der Waals surface area contributed by atoms with Crippen molar-refractivity contribution in [1.82, 2.24) is 9.80 Å². The zero-order chi connectivity index (χ0) is 20.3. The van der Waals surface area contributed by atoms with E-state index in [9.17, 15) is 18.8 Å². The minimum Gasteiger partial charge on any atom is -0.451 e. The molecule has 0 atom stereocenters. The number of thiophene rings is 1. The molecule has 0 radical (unpaired) electrons. The van der Waals surface area contributed by atoms with Gasteiger partial charge in [0.15, 0.2) is 6.61 Å². The predicted molar refractivity (Wildman–Crippen MR) is 102 cm³/mol. The number of rotatable bonds is 4. The fourth-order valence-electron chi connectivity index (χ4n) is 3.09. The molecule has 0 aliphatic carbocycles. The van der Waals surface area contributed by atoms with Crippen LogP contribution in [0, 0.1) is 12.7 Å². The molecule has 9 heteroatoms. The standard InChI is InChI=1S/C19H21FN2O5S/c1-3-26-19(25)22-9-7-21(8-10-22)15(23)11-27-18(24)17-12(2)16-13(20)5-4-6-14(16)28-17/h4-6H,3,7-11H2,1-2H3. The lowest BCUT2D eigenvalue weighted by molar-refractivity contribution is -0.136. The highest BCUT2D eigenvalue weighted by Crippen LogP contribution is 2.32. The summed E-state index contributed by atoms with van der Waals surface area (Å²) < 4.78 is 24.7. The second kappa shape index (κ2) is 8.55. The second-order valence-electron chi connectivity index (χ2n) is 6.31. The van der Waals surface area contributed by atoms with Gasteiger partial charge in [0.25, 0.3) is 5.91 Å². The SMILES string of the molecule is CCOC(=O)N1CCN(C(=O)COC(=O)c2sc3cccc(F)c3c2C)CC1. The van der Waals surface area contributed by atoms with Crippen molar-refractivity contribution >= 4 is 39.4 Å². The van der Waals surface area contributed by atoms with Gasteiger partial charge in [-0.25, -0.2) is 14.0 Å². The van der Waals surface area contributed by atoms with Crippen molar-refractivity contribution in [3.05, 3.63) is 34.5 Å². The highest BCUT2D eigenvalue weighted by Gasteiger charge is 2.26. The van der Waals surface area contributed by atoms with E-state index in [0.717, 1.165) is 11.3 Å². The molecule has 1 aromatic heterocycles. The third-order valence-corrected chi connectivity index (χ3v) is 5.81. The van der Waals surface area contributed by atoms with Crippen LogP contribution in [0.15, 0.2) is 18.2 Å². The molecule has 2 heterocycles. The van der Waals surface area contributed by atoms with Crippen LogP contribution in [-0.4, -0.2) is 67.2 Å². The molecule has 0 unspecified atom stereocenters. The lowest BCUT2D eigenvalue weighted by Gasteiger charge is -2.33. The number of halogens is 1. The number of fused-ring (bicyclic) bond motifs is 1. The number of benzene rings is 1. The summed E-state index contributed by atoms with van der Waals surface area (Å²) in [6.45, 7) is 4.74. The number of hydrogen-bond acceptors (Lipinski definition) is 6. The summed E-state index contributed by atoms with van der Waals surface area (Å²) in [6, 6.07) is 4.67. The van der Waals surface area contributed by atoms with Crippen LogP contribution in [0.1, 0.15) is 22.2 Å². The quantitative estimate of drug-likeness (QED) is 0.727. The largest absolute Gasteiger partial charge is 0.451 e. The molecule has 1 aliphatic heterocycles. The molecule has 0 bridgehead atoms. The van der Waals surface area contributed by atoms with E-state index >= 15 is 0 Å². The Labute approximate surface area is 165 Å². The van der Waals surface area contributed by atoms with Crippen LogP contribution in [-0.2, 0) is 14.3 Å². The van der Waals surface area contributed by atoms with Gasteiger partial charge in [0.1, 0.15) is 10.7 Å². The molecule has 2 amide bonds. The number of amides is 2. The number of hydrogen-bond donors (Lipinski definition) is 0. The minimum atomic E-state index is -0.642. The average molecular weight is 408 g/mol. The number of piperazine rings is 1. The fourth-order valence-corrected chi connectivity index (χ4v) is 4.20. The van der Waals surface area contributed by atoms with Crippen molar-refractivity contribution in [2.24, 2.45) is 0 Å². The Morgan fingerprint density at radius 1 is 1.11 bits per heavy atom. The van der Waals surface area contributed by atoms with Gasteiger partial charge >= 0.3 is 12.1 Å². The molecule has 2 aromatic rings. The fraction of sp³-hybridized carbons (Fsp3) is 0.421. The molecule has 1 fully saturated rings. The van der Waals surface area contributed by atoms with Crippen LogP contribution in [0.3, 0.4) is 0 Å². The monoisotopic (exact) mass is 408 g/mol. The number of carbonyl (C=O) groups is 3. The first-order valence-corrected chi connectivity index (χ1v) is 9.78. The van der Waals surface area contributed by atoms with E-state index in [-0.39, 0.29) is 11.7 Å². The van der Waals surface area contributed by atoms with Gasteiger partial charge < -0.3 is 19.3 Å². The first-order chi connectivity index (χ1) is 13.4. The number of carbonyl (C=O) groups excluding carboxylic acids is 3. The third kappa shape index (κ3) is 4.09. The van der Waals surface area contributed by atoms with Crippen LogP contribution in [0.4, 0.5) is 9.18 Å². The van der Waals surface area contributed by atoms with E-state index in [1.54, 1.807) is 30.9 Å². The normalized spacial score (nSPS) is 14.2. The first kappa shape index (κ1) is 20.1. The number of nitrogens with zero attached hydrogens (tertiary/aromatic N) is 2. The van der Waals surface area contributed by atoms with E-state index in [1.807, 2.05) is 0 Å². The molecule has 0 saturated carbocycles. The molecule has 1 saturated heterocycles. The van der Waals surface area contributed by atoms with Gasteiger partial charge in [0.05, 0.1) is 6.61 Å². The van der Waals surface area contributed by atoms with Crippen LogP contribution in [0.2, 0.25) is 0 Å². The number of aryl methyl sites for hydroxylation is 1. The van der Waals surface area contributed by atoms with Crippen molar-refractivity contribution in [3.8, 4) is 0 Å². The van der Waals surface area contributed by atoms with Crippen molar-refractivity contribution < 1.29 is 28.2 Å². The Morgan fingerprint density at radius 3 is 2.43 bits per heavy atom. The predicted octanol–water partition coefficient (Wildman–Crippen LogP) is 2.81. The van der Waals surface area contributed by atoms with Gasteiger partial charge in [-0.05, 0) is 31.5 Å². The molecule has 1 aliphatic rings. The molecule has 28 heavy (non-hydrogen) atoms. The van der Waals surface area contributed by atoms with Gasteiger partial charge in [-0.1, -0.05) is 6.07 Å². The van der Waals surface area contributed by atoms with Crippen LogP contribution < -0.4 is 0 Å². The summed E-state index contributed by atoms with van der Waals surface area (Å²) in [5.74, 6) is -1.36. The first-order valence-electron chi connectivity index (χ1n) is 8.96. The van der Waals surface area contributed by atoms with Crippen LogP contribution >= 0.6 is 11.3 Å². The van der Waals surface area contributed by atoms with Crippen LogP contribution in [0.5, 0.6) is 0 Å². The summed E-state index contributed by atoms with van der Waals surface area (Å²) in [5.41, 5.74) is 0.513. The summed E-state index contributed by atoms with van der Waals surface area (Å²) in [5, 5.41) is 0.404. The van der Waals surface area contributed by atoms with Gasteiger partial charge in [0, 0.05) is 36.3 Å². The smallest absolute Gasteiger partial charge is 0.409 e. The Hall–Kier alpha value is -2.68. The van der Waals surface area contributed by atoms with E-state index < -0.39 is 18.7 Å². The molecule has 0 N–H and O–H groups in total. The zero-order valence-corrected chi connectivity index (χ0v) is 16.5. The average Bonchev–Trinajstić information content (AvgIpc) is 3.04. The Morgan fingerprint density at radius 2 is 1.79 bits per heavy atom. The number of ether oxygens (including phenoxy) is 2. The second-order valence-corrected chi connectivity index (χ2v) is 7.36. The maximum atomic E-state index is 14.0. The van der Waals surface area contributed by atoms with E-state index in [4.69, 9.17) is 9.47 Å². The zero-order valence-electron chi connectivity index (χ0n) is 15.7. The van der Waals surface area contributed by atoms with Crippen molar-refractivity contribution in [1.29, 1.82) is 0 Å². The Balaban J connectivity index is 1.55. The highest BCUT2D eigenvalue weighted by molar-refractivity contribution is 7.21. The Kier molecular flexibility index (Phi) is 6.13. The Bertz CT molecular complexity index is 905. The summed E-state index contributed by atoms with van der Waals surface area (Å²) in [4.78, 5) is 39.7. The van der Waals surface area contributed by atoms with E-state index in [0.29, 0.717) is 53.3 Å². The summed E-state index contributed by atoms with van der Waals surface area (Å²) in [6.07, 6.45) is -0.395. The van der Waals surface area contributed by atoms with E-state index in [1.165, 1.54) is 11.0 Å². The molecule has 0 spiro atoms. The van der Waals surface area contributed by atoms with E-state index in [2.05, 4.69) is 0 Å². The van der Waals surface area contributed by atoms with Crippen molar-refractivity contribution in [3.63, 3.8) is 0 Å². The summed E-state index contributed by atoms with van der Waals surface area (Å²) in [7, 11) is 0. The number of esters is 1. The molecule has 1 aromatic carbocycles. The van der Waals surface area contributed by atoms with Gasteiger partial charge in [0.2, 0.25) is 0 Å². The molecule has 7 nitrogen and oxygen atoms in total. The molecule has 3 rings (SSSR count). The van der Waals surface area contributed by atoms with Gasteiger partial charge in [-0.15, -0.1) is 11.3 Å². The molecular weight excluding hydrogens is 387 g/mol. The van der Waals surface area contributed by atoms with Crippen molar-refractivity contribution in [2.75, 3.05) is 39.4 Å². The highest BCUT2D eigenvalue weighted by atomic mass is 32.1.